The number of carbonyl (C=O) groups is 3. The maximum Gasteiger partial charge on any atom is 0.305 e. The van der Waals surface area contributed by atoms with E-state index in [1.54, 1.807) is 31.2 Å². The average molecular weight is 351 g/mol. The zero-order valence-electron chi connectivity index (χ0n) is 14.7. The topological polar surface area (TPSA) is 63.7 Å². The van der Waals surface area contributed by atoms with Crippen molar-refractivity contribution >= 4 is 17.8 Å². The number of fused-ring (bicyclic) bond motifs is 1. The first-order valence-electron chi connectivity index (χ1n) is 8.78. The molecule has 0 saturated heterocycles. The maximum absolute atomic E-state index is 12.8. The van der Waals surface area contributed by atoms with Gasteiger partial charge in [-0.05, 0) is 37.5 Å². The Hall–Kier alpha value is -2.95. The van der Waals surface area contributed by atoms with Gasteiger partial charge in [-0.3, -0.25) is 19.3 Å². The van der Waals surface area contributed by atoms with Crippen LogP contribution in [0.3, 0.4) is 0 Å². The minimum Gasteiger partial charge on any atom is -0.466 e. The fourth-order valence-corrected chi connectivity index (χ4v) is 3.27. The van der Waals surface area contributed by atoms with Crippen LogP contribution in [0.2, 0.25) is 0 Å². The van der Waals surface area contributed by atoms with Crippen LogP contribution in [0.25, 0.3) is 0 Å². The minimum atomic E-state index is -0.394. The second kappa shape index (κ2) is 7.95. The van der Waals surface area contributed by atoms with Gasteiger partial charge in [-0.2, -0.15) is 0 Å². The van der Waals surface area contributed by atoms with Crippen LogP contribution in [0.5, 0.6) is 0 Å². The van der Waals surface area contributed by atoms with E-state index in [0.29, 0.717) is 30.6 Å². The van der Waals surface area contributed by atoms with E-state index in [1.807, 2.05) is 30.3 Å². The Bertz CT molecular complexity index is 781. The van der Waals surface area contributed by atoms with Crippen LogP contribution in [0.15, 0.2) is 54.6 Å². The zero-order chi connectivity index (χ0) is 18.5. The number of benzene rings is 2. The van der Waals surface area contributed by atoms with E-state index in [4.69, 9.17) is 4.74 Å². The molecule has 1 heterocycles. The summed E-state index contributed by atoms with van der Waals surface area (Å²) in [6, 6.07) is 16.1. The van der Waals surface area contributed by atoms with Crippen LogP contribution in [-0.2, 0) is 16.0 Å². The number of carbonyl (C=O) groups excluding carboxylic acids is 3. The predicted octanol–water partition coefficient (Wildman–Crippen LogP) is 3.24. The lowest BCUT2D eigenvalue weighted by Crippen LogP contribution is -2.41. The molecule has 134 valence electrons. The Labute approximate surface area is 152 Å². The van der Waals surface area contributed by atoms with E-state index in [0.717, 1.165) is 5.56 Å². The maximum atomic E-state index is 12.8. The van der Waals surface area contributed by atoms with Crippen LogP contribution in [0.1, 0.15) is 46.0 Å². The molecule has 5 nitrogen and oxygen atoms in total. The fraction of sp³-hybridized carbons (Fsp3) is 0.286. The number of esters is 1. The Morgan fingerprint density at radius 3 is 2.12 bits per heavy atom. The first-order valence-corrected chi connectivity index (χ1v) is 8.78. The van der Waals surface area contributed by atoms with Crippen molar-refractivity contribution in [3.8, 4) is 0 Å². The van der Waals surface area contributed by atoms with Crippen molar-refractivity contribution in [1.82, 2.24) is 4.90 Å². The van der Waals surface area contributed by atoms with Crippen molar-refractivity contribution in [1.29, 1.82) is 0 Å². The second-order valence-corrected chi connectivity index (χ2v) is 6.21. The summed E-state index contributed by atoms with van der Waals surface area (Å²) < 4.78 is 4.99. The molecule has 2 amide bonds. The highest BCUT2D eigenvalue weighted by Crippen LogP contribution is 2.27. The number of ether oxygens (including phenoxy) is 1. The number of rotatable bonds is 7. The largest absolute Gasteiger partial charge is 0.466 e. The van der Waals surface area contributed by atoms with E-state index in [2.05, 4.69) is 0 Å². The molecule has 0 radical (unpaired) electrons. The molecule has 5 heteroatoms. The third-order valence-electron chi connectivity index (χ3n) is 4.49. The average Bonchev–Trinajstić information content (AvgIpc) is 2.91. The molecule has 1 aliphatic rings. The number of amides is 2. The molecule has 3 rings (SSSR count). The predicted molar refractivity (Wildman–Crippen MR) is 96.7 cm³/mol. The van der Waals surface area contributed by atoms with Gasteiger partial charge in [0.05, 0.1) is 17.7 Å². The molecule has 0 unspecified atom stereocenters. The summed E-state index contributed by atoms with van der Waals surface area (Å²) in [6.07, 6.45) is 1.05. The molecule has 0 spiro atoms. The molecule has 2 aromatic carbocycles. The third kappa shape index (κ3) is 3.67. The van der Waals surface area contributed by atoms with Gasteiger partial charge < -0.3 is 4.74 Å². The highest BCUT2D eigenvalue weighted by atomic mass is 16.5. The van der Waals surface area contributed by atoms with Gasteiger partial charge in [0.15, 0.2) is 0 Å². The quantitative estimate of drug-likeness (QED) is 0.567. The summed E-state index contributed by atoms with van der Waals surface area (Å²) >= 11 is 0. The molecule has 1 aliphatic heterocycles. The molecule has 0 aliphatic carbocycles. The van der Waals surface area contributed by atoms with Gasteiger partial charge in [0.1, 0.15) is 0 Å². The summed E-state index contributed by atoms with van der Waals surface area (Å²) in [5.41, 5.74) is 1.86. The number of hydrogen-bond donors (Lipinski definition) is 0. The van der Waals surface area contributed by atoms with Gasteiger partial charge in [0.25, 0.3) is 11.8 Å². The van der Waals surface area contributed by atoms with Crippen molar-refractivity contribution in [3.63, 3.8) is 0 Å². The van der Waals surface area contributed by atoms with Crippen LogP contribution in [-0.4, -0.2) is 35.3 Å². The summed E-state index contributed by atoms with van der Waals surface area (Å²) in [7, 11) is 0. The van der Waals surface area contributed by atoms with Crippen LogP contribution >= 0.6 is 0 Å². The fourth-order valence-electron chi connectivity index (χ4n) is 3.27. The van der Waals surface area contributed by atoms with Crippen molar-refractivity contribution in [2.24, 2.45) is 0 Å². The molecular weight excluding hydrogens is 330 g/mol. The molecule has 0 saturated carbocycles. The lowest BCUT2D eigenvalue weighted by molar-refractivity contribution is -0.143. The van der Waals surface area contributed by atoms with Crippen LogP contribution in [0, 0.1) is 0 Å². The first kappa shape index (κ1) is 17.9. The normalized spacial score (nSPS) is 14.3. The van der Waals surface area contributed by atoms with Crippen LogP contribution in [0.4, 0.5) is 0 Å². The Kier molecular flexibility index (Phi) is 5.46. The Morgan fingerprint density at radius 2 is 1.54 bits per heavy atom. The number of nitrogens with zero attached hydrogens (tertiary/aromatic N) is 1. The highest BCUT2D eigenvalue weighted by molar-refractivity contribution is 6.21. The second-order valence-electron chi connectivity index (χ2n) is 6.21. The van der Waals surface area contributed by atoms with Crippen LogP contribution < -0.4 is 0 Å². The lowest BCUT2D eigenvalue weighted by atomic mass is 10.00. The molecule has 26 heavy (non-hydrogen) atoms. The third-order valence-corrected chi connectivity index (χ3v) is 4.49. The molecule has 0 N–H and O–H groups in total. The van der Waals surface area contributed by atoms with Gasteiger partial charge in [-0.1, -0.05) is 42.5 Å². The van der Waals surface area contributed by atoms with Gasteiger partial charge >= 0.3 is 5.97 Å². The van der Waals surface area contributed by atoms with E-state index in [-0.39, 0.29) is 24.2 Å². The zero-order valence-corrected chi connectivity index (χ0v) is 14.7. The molecular formula is C21H21NO4. The molecule has 0 bridgehead atoms. The summed E-state index contributed by atoms with van der Waals surface area (Å²) in [5.74, 6) is -0.909. The SMILES string of the molecule is CCOC(=O)CC[C@H](Cc1ccccc1)N1C(=O)c2ccccc2C1=O. The monoisotopic (exact) mass is 351 g/mol. The molecule has 0 aromatic heterocycles. The summed E-state index contributed by atoms with van der Waals surface area (Å²) in [6.45, 7) is 2.07. The minimum absolute atomic E-state index is 0.165. The van der Waals surface area contributed by atoms with Crippen molar-refractivity contribution in [2.75, 3.05) is 6.61 Å². The van der Waals surface area contributed by atoms with Crippen molar-refractivity contribution < 1.29 is 19.1 Å². The molecule has 1 atom stereocenters. The van der Waals surface area contributed by atoms with Gasteiger partial charge in [-0.15, -0.1) is 0 Å². The number of hydrogen-bond acceptors (Lipinski definition) is 4. The molecule has 2 aromatic rings. The van der Waals surface area contributed by atoms with Gasteiger partial charge in [-0.25, -0.2) is 0 Å². The van der Waals surface area contributed by atoms with E-state index in [9.17, 15) is 14.4 Å². The van der Waals surface area contributed by atoms with Crippen molar-refractivity contribution in [2.45, 2.75) is 32.2 Å². The Balaban J connectivity index is 1.84. The van der Waals surface area contributed by atoms with Crippen molar-refractivity contribution in [3.05, 3.63) is 71.3 Å². The number of imide groups is 1. The highest BCUT2D eigenvalue weighted by Gasteiger charge is 2.39. The summed E-state index contributed by atoms with van der Waals surface area (Å²) in [4.78, 5) is 38.7. The van der Waals surface area contributed by atoms with E-state index in [1.165, 1.54) is 4.90 Å². The summed E-state index contributed by atoms with van der Waals surface area (Å²) in [5, 5.41) is 0. The van der Waals surface area contributed by atoms with Gasteiger partial charge in [0.2, 0.25) is 0 Å². The van der Waals surface area contributed by atoms with Gasteiger partial charge in [0, 0.05) is 12.5 Å². The lowest BCUT2D eigenvalue weighted by Gasteiger charge is -2.26. The Morgan fingerprint density at radius 1 is 0.962 bits per heavy atom. The standard InChI is InChI=1S/C21H21NO4/c1-2-26-19(23)13-12-16(14-15-8-4-3-5-9-15)22-20(24)17-10-6-7-11-18(17)21(22)25/h3-11,16H,2,12-14H2,1H3/t16-/m1/s1. The molecule has 0 fully saturated rings. The smallest absolute Gasteiger partial charge is 0.305 e. The van der Waals surface area contributed by atoms with E-state index >= 15 is 0 Å². The first-order chi connectivity index (χ1) is 12.6. The van der Waals surface area contributed by atoms with E-state index < -0.39 is 6.04 Å².